The van der Waals surface area contributed by atoms with Crippen LogP contribution in [-0.2, 0) is 4.74 Å². The zero-order valence-electron chi connectivity index (χ0n) is 12.2. The van der Waals surface area contributed by atoms with Crippen LogP contribution in [-0.4, -0.2) is 68.6 Å². The van der Waals surface area contributed by atoms with E-state index >= 15 is 0 Å². The zero-order valence-corrected chi connectivity index (χ0v) is 12.2. The predicted octanol–water partition coefficient (Wildman–Crippen LogP) is -2.13. The van der Waals surface area contributed by atoms with Gasteiger partial charge in [0, 0.05) is 12.1 Å². The van der Waals surface area contributed by atoms with Crippen LogP contribution in [0, 0.1) is 10.1 Å². The molecule has 0 bridgehead atoms. The molecule has 0 spiro atoms. The fraction of sp³-hybridized carbons (Fsp3) is 0.462. The van der Waals surface area contributed by atoms with Gasteiger partial charge in [-0.3, -0.25) is 14.9 Å². The zero-order chi connectivity index (χ0) is 18.0. The second kappa shape index (κ2) is 7.07. The molecule has 0 aliphatic carbocycles. The van der Waals surface area contributed by atoms with Crippen molar-refractivity contribution in [3.05, 3.63) is 33.9 Å². The van der Waals surface area contributed by atoms with Gasteiger partial charge in [0.1, 0.15) is 30.2 Å². The van der Waals surface area contributed by atoms with E-state index in [-0.39, 0.29) is 11.3 Å². The number of carbonyl (C=O) groups is 1. The summed E-state index contributed by atoms with van der Waals surface area (Å²) >= 11 is 0. The van der Waals surface area contributed by atoms with Gasteiger partial charge in [-0.1, -0.05) is 0 Å². The Kier molecular flexibility index (Phi) is 5.31. The van der Waals surface area contributed by atoms with E-state index in [0.717, 1.165) is 18.2 Å². The van der Waals surface area contributed by atoms with Gasteiger partial charge in [0.15, 0.2) is 0 Å². The van der Waals surface area contributed by atoms with E-state index in [1.807, 2.05) is 0 Å². The van der Waals surface area contributed by atoms with Crippen LogP contribution in [0.3, 0.4) is 0 Å². The molecule has 1 aliphatic heterocycles. The van der Waals surface area contributed by atoms with E-state index in [4.69, 9.17) is 20.3 Å². The number of non-ortho nitro benzene ring substituents is 1. The van der Waals surface area contributed by atoms with Gasteiger partial charge in [0.2, 0.25) is 6.29 Å². The molecule has 1 fully saturated rings. The van der Waals surface area contributed by atoms with Crippen LogP contribution < -0.4 is 10.5 Å². The molecule has 0 radical (unpaired) electrons. The summed E-state index contributed by atoms with van der Waals surface area (Å²) in [5.74, 6) is -1.24. The van der Waals surface area contributed by atoms with E-state index in [2.05, 4.69) is 0 Å². The number of rotatable bonds is 5. The van der Waals surface area contributed by atoms with Crippen molar-refractivity contribution in [1.82, 2.24) is 0 Å². The molecule has 1 aromatic carbocycles. The summed E-state index contributed by atoms with van der Waals surface area (Å²) in [5.41, 5.74) is 4.42. The fourth-order valence-electron chi connectivity index (χ4n) is 2.22. The molecule has 1 aliphatic rings. The molecule has 6 N–H and O–H groups in total. The normalized spacial score (nSPS) is 29.9. The number of amides is 1. The second-order valence-electron chi connectivity index (χ2n) is 5.12. The summed E-state index contributed by atoms with van der Waals surface area (Å²) in [4.78, 5) is 21.5. The van der Waals surface area contributed by atoms with Crippen LogP contribution in [0.4, 0.5) is 5.69 Å². The number of nitro groups is 1. The quantitative estimate of drug-likeness (QED) is 0.294. The number of nitro benzene ring substituents is 1. The standard InChI is InChI=1S/C13H16N2O9/c14-12(20)6-3-5(15(21)22)1-2-7(6)23-13-11(19)10(18)9(17)8(4-16)24-13/h1-3,8-11,13,16-19H,4H2,(H2,14,20)/t8?,9-,10-,11?,13+/m0/s1. The van der Waals surface area contributed by atoms with Crippen LogP contribution in [0.5, 0.6) is 5.75 Å². The Labute approximate surface area is 135 Å². The van der Waals surface area contributed by atoms with E-state index in [0.29, 0.717) is 0 Å². The first-order valence-corrected chi connectivity index (χ1v) is 6.81. The number of carbonyl (C=O) groups excluding carboxylic acids is 1. The van der Waals surface area contributed by atoms with Crippen LogP contribution in [0.25, 0.3) is 0 Å². The highest BCUT2D eigenvalue weighted by atomic mass is 16.7. The van der Waals surface area contributed by atoms with Crippen molar-refractivity contribution >= 4 is 11.6 Å². The highest BCUT2D eigenvalue weighted by Gasteiger charge is 2.45. The predicted molar refractivity (Wildman–Crippen MR) is 76.0 cm³/mol. The Hall–Kier alpha value is -2.31. The number of nitrogens with zero attached hydrogens (tertiary/aromatic N) is 1. The average Bonchev–Trinajstić information content (AvgIpc) is 2.55. The fourth-order valence-corrected chi connectivity index (χ4v) is 2.22. The van der Waals surface area contributed by atoms with E-state index in [9.17, 15) is 30.2 Å². The molecule has 1 amide bonds. The van der Waals surface area contributed by atoms with Gasteiger partial charge in [-0.2, -0.15) is 0 Å². The average molecular weight is 344 g/mol. The van der Waals surface area contributed by atoms with Crippen molar-refractivity contribution in [3.63, 3.8) is 0 Å². The highest BCUT2D eigenvalue weighted by Crippen LogP contribution is 2.28. The summed E-state index contributed by atoms with van der Waals surface area (Å²) in [7, 11) is 0. The lowest BCUT2D eigenvalue weighted by Gasteiger charge is -2.39. The third-order valence-electron chi connectivity index (χ3n) is 3.53. The minimum Gasteiger partial charge on any atom is -0.461 e. The molecule has 24 heavy (non-hydrogen) atoms. The molecule has 1 saturated heterocycles. The molecule has 0 aromatic heterocycles. The molecule has 1 aromatic rings. The maximum absolute atomic E-state index is 11.4. The minimum atomic E-state index is -1.70. The summed E-state index contributed by atoms with van der Waals surface area (Å²) < 4.78 is 10.4. The molecule has 2 unspecified atom stereocenters. The van der Waals surface area contributed by atoms with Gasteiger partial charge in [-0.25, -0.2) is 0 Å². The lowest BCUT2D eigenvalue weighted by atomic mass is 9.99. The van der Waals surface area contributed by atoms with E-state index in [1.54, 1.807) is 0 Å². The molecular weight excluding hydrogens is 328 g/mol. The Morgan fingerprint density at radius 1 is 1.29 bits per heavy atom. The summed E-state index contributed by atoms with van der Waals surface area (Å²) in [6.45, 7) is -0.659. The molecule has 2 rings (SSSR count). The molecule has 132 valence electrons. The van der Waals surface area contributed by atoms with Gasteiger partial charge >= 0.3 is 0 Å². The molecule has 1 heterocycles. The van der Waals surface area contributed by atoms with Gasteiger partial charge in [0.25, 0.3) is 11.6 Å². The Morgan fingerprint density at radius 2 is 1.96 bits per heavy atom. The van der Waals surface area contributed by atoms with Crippen LogP contribution >= 0.6 is 0 Å². The summed E-state index contributed by atoms with van der Waals surface area (Å²) in [6.07, 6.45) is -7.68. The monoisotopic (exact) mass is 344 g/mol. The lowest BCUT2D eigenvalue weighted by molar-refractivity contribution is -0.384. The van der Waals surface area contributed by atoms with Crippen molar-refractivity contribution in [2.75, 3.05) is 6.61 Å². The topological polar surface area (TPSA) is 186 Å². The third-order valence-corrected chi connectivity index (χ3v) is 3.53. The first kappa shape index (κ1) is 18.0. The summed E-state index contributed by atoms with van der Waals surface area (Å²) in [6, 6.07) is 3.02. The van der Waals surface area contributed by atoms with Crippen molar-refractivity contribution in [3.8, 4) is 5.75 Å². The molecule has 0 saturated carbocycles. The number of aliphatic hydroxyl groups is 4. The lowest BCUT2D eigenvalue weighted by Crippen LogP contribution is -2.60. The minimum absolute atomic E-state index is 0.225. The van der Waals surface area contributed by atoms with Gasteiger partial charge < -0.3 is 35.6 Å². The second-order valence-corrected chi connectivity index (χ2v) is 5.12. The third kappa shape index (κ3) is 3.44. The SMILES string of the molecule is NC(=O)c1cc([N+](=O)[O-])ccc1O[C@@H]1OC(CO)[C@H](O)[C@H](O)C1O. The Balaban J connectivity index is 2.29. The van der Waals surface area contributed by atoms with Crippen molar-refractivity contribution in [2.45, 2.75) is 30.7 Å². The first-order chi connectivity index (χ1) is 11.3. The number of primary amides is 1. The number of benzene rings is 1. The van der Waals surface area contributed by atoms with E-state index < -0.39 is 53.8 Å². The first-order valence-electron chi connectivity index (χ1n) is 6.81. The maximum Gasteiger partial charge on any atom is 0.270 e. The van der Waals surface area contributed by atoms with Crippen molar-refractivity contribution in [1.29, 1.82) is 0 Å². The molecular formula is C13H16N2O9. The number of hydrogen-bond acceptors (Lipinski definition) is 9. The smallest absolute Gasteiger partial charge is 0.270 e. The number of hydrogen-bond donors (Lipinski definition) is 5. The van der Waals surface area contributed by atoms with Crippen molar-refractivity contribution < 1.29 is 39.6 Å². The van der Waals surface area contributed by atoms with Gasteiger partial charge in [-0.15, -0.1) is 0 Å². The molecule has 5 atom stereocenters. The van der Waals surface area contributed by atoms with Gasteiger partial charge in [-0.05, 0) is 6.07 Å². The highest BCUT2D eigenvalue weighted by molar-refractivity contribution is 5.96. The molecule has 11 heteroatoms. The number of nitrogens with two attached hydrogens (primary N) is 1. The number of aliphatic hydroxyl groups excluding tert-OH is 4. The maximum atomic E-state index is 11.4. The van der Waals surface area contributed by atoms with Gasteiger partial charge in [0.05, 0.1) is 17.1 Å². The number of ether oxygens (including phenoxy) is 2. The van der Waals surface area contributed by atoms with Crippen LogP contribution in [0.15, 0.2) is 18.2 Å². The van der Waals surface area contributed by atoms with E-state index in [1.165, 1.54) is 0 Å². The summed E-state index contributed by atoms with van der Waals surface area (Å²) in [5, 5.41) is 49.1. The Bertz CT molecular complexity index is 636. The Morgan fingerprint density at radius 3 is 2.50 bits per heavy atom. The largest absolute Gasteiger partial charge is 0.461 e. The molecule has 11 nitrogen and oxygen atoms in total. The van der Waals surface area contributed by atoms with Crippen LogP contribution in [0.1, 0.15) is 10.4 Å². The van der Waals surface area contributed by atoms with Crippen LogP contribution in [0.2, 0.25) is 0 Å². The van der Waals surface area contributed by atoms with Crippen molar-refractivity contribution in [2.24, 2.45) is 5.73 Å².